The average Bonchev–Trinajstić information content (AvgIpc) is 3.03. The summed E-state index contributed by atoms with van der Waals surface area (Å²) in [5.74, 6) is -0.905. The van der Waals surface area contributed by atoms with E-state index in [1.807, 2.05) is 32.9 Å². The third-order valence-electron chi connectivity index (χ3n) is 6.71. The molecule has 0 aliphatic rings. The molecule has 0 aliphatic heterocycles. The number of aromatic carboxylic acids is 1. The van der Waals surface area contributed by atoms with E-state index in [4.69, 9.17) is 14.6 Å². The fraction of sp³-hybridized carbons (Fsp3) is 0.108. The first kappa shape index (κ1) is 32.8. The van der Waals surface area contributed by atoms with Crippen LogP contribution >= 0.6 is 0 Å². The van der Waals surface area contributed by atoms with E-state index in [1.54, 1.807) is 48.5 Å². The molecule has 9 nitrogen and oxygen atoms in total. The topological polar surface area (TPSA) is 151 Å². The minimum Gasteiger partial charge on any atom is -0.508 e. The van der Waals surface area contributed by atoms with Crippen molar-refractivity contribution in [3.05, 3.63) is 138 Å². The number of rotatable bonds is 6. The van der Waals surface area contributed by atoms with Crippen LogP contribution in [-0.2, 0) is 5.41 Å². The molecule has 0 aromatic heterocycles. The van der Waals surface area contributed by atoms with Crippen molar-refractivity contribution in [1.29, 1.82) is 0 Å². The zero-order valence-corrected chi connectivity index (χ0v) is 25.3. The number of benzene rings is 5. The summed E-state index contributed by atoms with van der Waals surface area (Å²) >= 11 is 0. The monoisotopic (exact) mass is 620 g/mol. The summed E-state index contributed by atoms with van der Waals surface area (Å²) in [4.78, 5) is 35.0. The molecule has 0 radical (unpaired) electrons. The minimum atomic E-state index is -1.05. The first-order valence-electron chi connectivity index (χ1n) is 14.1. The van der Waals surface area contributed by atoms with Crippen LogP contribution in [0.1, 0.15) is 57.4 Å². The molecule has 0 saturated carbocycles. The van der Waals surface area contributed by atoms with Crippen LogP contribution in [0.3, 0.4) is 0 Å². The lowest BCUT2D eigenvalue weighted by atomic mass is 9.86. The fourth-order valence-corrected chi connectivity index (χ4v) is 4.23. The summed E-state index contributed by atoms with van der Waals surface area (Å²) in [5.41, 5.74) is 3.05. The van der Waals surface area contributed by atoms with E-state index < -0.39 is 17.9 Å². The normalized spacial score (nSPS) is 10.7. The summed E-state index contributed by atoms with van der Waals surface area (Å²) in [6, 6.07) is 29.8. The predicted molar refractivity (Wildman–Crippen MR) is 172 cm³/mol. The second-order valence-electron chi connectivity index (χ2n) is 11.2. The Morgan fingerprint density at radius 1 is 0.522 bits per heavy atom. The zero-order valence-electron chi connectivity index (χ0n) is 25.3. The van der Waals surface area contributed by atoms with Crippen LogP contribution in [0.4, 0.5) is 0 Å². The predicted octanol–water partition coefficient (Wildman–Crippen LogP) is 7.59. The van der Waals surface area contributed by atoms with Crippen LogP contribution in [0, 0.1) is 0 Å². The molecule has 4 N–H and O–H groups in total. The molecule has 5 aromatic rings. The van der Waals surface area contributed by atoms with Crippen LogP contribution in [0.5, 0.6) is 28.7 Å². The van der Waals surface area contributed by atoms with E-state index in [-0.39, 0.29) is 33.8 Å². The number of esters is 2. The molecular formula is C37H32O9. The second kappa shape index (κ2) is 14.1. The Bertz CT molecular complexity index is 1820. The van der Waals surface area contributed by atoms with Crippen LogP contribution in [0.25, 0.3) is 11.1 Å². The van der Waals surface area contributed by atoms with E-state index in [0.29, 0.717) is 17.1 Å². The maximum atomic E-state index is 12.1. The Kier molecular flexibility index (Phi) is 10.1. The van der Waals surface area contributed by atoms with Gasteiger partial charge in [-0.1, -0.05) is 45.0 Å². The highest BCUT2D eigenvalue weighted by Gasteiger charge is 2.22. The van der Waals surface area contributed by atoms with Gasteiger partial charge in [0.05, 0.1) is 16.7 Å². The third-order valence-corrected chi connectivity index (χ3v) is 6.71. The number of carboxylic acid groups (broad SMARTS) is 1. The van der Waals surface area contributed by atoms with Crippen molar-refractivity contribution < 1.29 is 44.3 Å². The number of carboxylic acids is 1. The molecule has 5 rings (SSSR count). The molecule has 0 aliphatic carbocycles. The highest BCUT2D eigenvalue weighted by atomic mass is 16.5. The molecule has 0 amide bonds. The lowest BCUT2D eigenvalue weighted by Crippen LogP contribution is -2.16. The van der Waals surface area contributed by atoms with Gasteiger partial charge < -0.3 is 29.9 Å². The molecule has 0 unspecified atom stereocenters. The van der Waals surface area contributed by atoms with Crippen LogP contribution < -0.4 is 9.47 Å². The Balaban J connectivity index is 0.000000212. The van der Waals surface area contributed by atoms with Crippen LogP contribution in [0.2, 0.25) is 0 Å². The molecule has 0 bridgehead atoms. The first-order chi connectivity index (χ1) is 21.8. The molecule has 0 fully saturated rings. The lowest BCUT2D eigenvalue weighted by Gasteiger charge is -2.22. The van der Waals surface area contributed by atoms with Crippen molar-refractivity contribution in [1.82, 2.24) is 0 Å². The van der Waals surface area contributed by atoms with Crippen molar-refractivity contribution >= 4 is 17.9 Å². The van der Waals surface area contributed by atoms with E-state index in [1.165, 1.54) is 54.6 Å². The van der Waals surface area contributed by atoms with Gasteiger partial charge in [-0.05, 0) is 108 Å². The largest absolute Gasteiger partial charge is 0.508 e. The number of carbonyl (C=O) groups is 3. The Labute approximate surface area is 265 Å². The first-order valence-corrected chi connectivity index (χ1v) is 14.1. The van der Waals surface area contributed by atoms with Crippen molar-refractivity contribution in [2.45, 2.75) is 26.2 Å². The molecule has 0 spiro atoms. The van der Waals surface area contributed by atoms with Crippen molar-refractivity contribution in [2.75, 3.05) is 0 Å². The molecule has 234 valence electrons. The van der Waals surface area contributed by atoms with Gasteiger partial charge >= 0.3 is 17.9 Å². The maximum Gasteiger partial charge on any atom is 0.343 e. The number of aromatic hydroxyl groups is 3. The molecular weight excluding hydrogens is 588 g/mol. The van der Waals surface area contributed by atoms with Gasteiger partial charge in [0.1, 0.15) is 28.7 Å². The van der Waals surface area contributed by atoms with Crippen molar-refractivity contribution in [3.63, 3.8) is 0 Å². The average molecular weight is 621 g/mol. The quantitative estimate of drug-likeness (QED) is 0.111. The smallest absolute Gasteiger partial charge is 0.343 e. The van der Waals surface area contributed by atoms with E-state index >= 15 is 0 Å². The van der Waals surface area contributed by atoms with E-state index in [9.17, 15) is 29.7 Å². The molecule has 0 atom stereocenters. The summed E-state index contributed by atoms with van der Waals surface area (Å²) < 4.78 is 10.7. The Hall–Kier alpha value is -6.09. The SMILES string of the molecule is CC(C)(C)c1cc(O)ccc1OC(=O)c1ccc(O)cc1.O=C(O)c1ccc(C(=O)Oc2ccc(-c3ccc(O)cc3)cc2)cc1. The summed E-state index contributed by atoms with van der Waals surface area (Å²) in [7, 11) is 0. The molecule has 46 heavy (non-hydrogen) atoms. The van der Waals surface area contributed by atoms with Gasteiger partial charge in [0.15, 0.2) is 0 Å². The summed E-state index contributed by atoms with van der Waals surface area (Å²) in [5, 5.41) is 37.0. The van der Waals surface area contributed by atoms with Gasteiger partial charge in [-0.3, -0.25) is 0 Å². The molecule has 5 aromatic carbocycles. The molecule has 9 heteroatoms. The fourth-order valence-electron chi connectivity index (χ4n) is 4.23. The molecule has 0 heterocycles. The number of phenols is 3. The van der Waals surface area contributed by atoms with Gasteiger partial charge in [-0.2, -0.15) is 0 Å². The maximum absolute atomic E-state index is 12.1. The Morgan fingerprint density at radius 3 is 1.43 bits per heavy atom. The zero-order chi connectivity index (χ0) is 33.4. The van der Waals surface area contributed by atoms with E-state index in [2.05, 4.69) is 0 Å². The molecule has 0 saturated heterocycles. The number of carbonyl (C=O) groups excluding carboxylic acids is 2. The van der Waals surface area contributed by atoms with Crippen molar-refractivity contribution in [2.24, 2.45) is 0 Å². The van der Waals surface area contributed by atoms with Gasteiger partial charge in [0, 0.05) is 5.56 Å². The number of ether oxygens (including phenoxy) is 2. The van der Waals surface area contributed by atoms with Gasteiger partial charge in [0.2, 0.25) is 0 Å². The summed E-state index contributed by atoms with van der Waals surface area (Å²) in [6.45, 7) is 5.92. The number of hydrogen-bond donors (Lipinski definition) is 4. The standard InChI is InChI=1S/C20H14O5.C17H18O4/c21-17-9-5-13(6-10-17)14-7-11-18(12-8-14)25-20(24)16-3-1-15(2-4-16)19(22)23;1-17(2,3)14-10-13(19)8-9-15(14)21-16(20)11-4-6-12(18)7-5-11/h1-12,21H,(H,22,23);4-10,18-19H,1-3H3. The van der Waals surface area contributed by atoms with Gasteiger partial charge in [0.25, 0.3) is 0 Å². The van der Waals surface area contributed by atoms with E-state index in [0.717, 1.165) is 16.7 Å². The van der Waals surface area contributed by atoms with Gasteiger partial charge in [-0.25, -0.2) is 14.4 Å². The highest BCUT2D eigenvalue weighted by molar-refractivity contribution is 5.93. The Morgan fingerprint density at radius 2 is 0.935 bits per heavy atom. The minimum absolute atomic E-state index is 0.0894. The van der Waals surface area contributed by atoms with Gasteiger partial charge in [-0.15, -0.1) is 0 Å². The van der Waals surface area contributed by atoms with Crippen LogP contribution in [-0.4, -0.2) is 38.3 Å². The summed E-state index contributed by atoms with van der Waals surface area (Å²) in [6.07, 6.45) is 0. The van der Waals surface area contributed by atoms with Crippen LogP contribution in [0.15, 0.2) is 115 Å². The highest BCUT2D eigenvalue weighted by Crippen LogP contribution is 2.34. The lowest BCUT2D eigenvalue weighted by molar-refractivity contribution is 0.0690. The number of phenolic OH excluding ortho intramolecular Hbond substituents is 3. The van der Waals surface area contributed by atoms with Crippen molar-refractivity contribution in [3.8, 4) is 39.9 Å². The third kappa shape index (κ3) is 8.73. The number of hydrogen-bond acceptors (Lipinski definition) is 8. The second-order valence-corrected chi connectivity index (χ2v) is 11.2.